The zero-order chi connectivity index (χ0) is 22.9. The molecule has 0 spiro atoms. The number of benzene rings is 1. The average molecular weight is 444 g/mol. The van der Waals surface area contributed by atoms with Crippen LogP contribution < -0.4 is 15.6 Å². The third-order valence-electron chi connectivity index (χ3n) is 4.15. The number of anilines is 2. The Labute approximate surface area is 171 Å². The topological polar surface area (TPSA) is 69.0 Å². The van der Waals surface area contributed by atoms with E-state index in [9.17, 15) is 31.1 Å². The molecular weight excluding hydrogens is 430 g/mol. The lowest BCUT2D eigenvalue weighted by molar-refractivity contribution is -0.0533. The average Bonchev–Trinajstić information content (AvgIpc) is 2.67. The van der Waals surface area contributed by atoms with Crippen LogP contribution in [0.1, 0.15) is 16.8 Å². The van der Waals surface area contributed by atoms with Gasteiger partial charge in [-0.1, -0.05) is 0 Å². The van der Waals surface area contributed by atoms with Gasteiger partial charge in [0.2, 0.25) is 17.6 Å². The van der Waals surface area contributed by atoms with Gasteiger partial charge in [-0.25, -0.2) is 18.2 Å². The number of nitrogens with one attached hydrogen (secondary N) is 1. The second kappa shape index (κ2) is 8.66. The van der Waals surface area contributed by atoms with E-state index >= 15 is 0 Å². The Kier molecular flexibility index (Phi) is 6.18. The standard InChI is InChI=1S/C19H14F6N4O2/c1-8-3-14(9(2)26-17(8)31-18(24)25)27-19-28-16(30)13(22)7-29(19)6-10-4-11(20)15(23)12(21)5-10/h3-5,7,18H,6H2,1-2H3,(H,27,28,30). The van der Waals surface area contributed by atoms with Gasteiger partial charge in [-0.3, -0.25) is 4.79 Å². The SMILES string of the molecule is Cc1cc(Nc2nc(=O)c(F)cn2Cc2cc(F)c(F)c(F)c2)c(C)nc1OC(F)F. The predicted octanol–water partition coefficient (Wildman–Crippen LogP) is 4.20. The highest BCUT2D eigenvalue weighted by atomic mass is 19.3. The van der Waals surface area contributed by atoms with Crippen molar-refractivity contribution in [3.8, 4) is 5.88 Å². The monoisotopic (exact) mass is 444 g/mol. The van der Waals surface area contributed by atoms with Gasteiger partial charge in [0, 0.05) is 11.8 Å². The molecule has 12 heteroatoms. The summed E-state index contributed by atoms with van der Waals surface area (Å²) in [4.78, 5) is 19.1. The van der Waals surface area contributed by atoms with Crippen LogP contribution in [-0.4, -0.2) is 21.1 Å². The highest BCUT2D eigenvalue weighted by molar-refractivity contribution is 5.59. The van der Waals surface area contributed by atoms with E-state index in [1.165, 1.54) is 19.9 Å². The minimum Gasteiger partial charge on any atom is -0.417 e. The van der Waals surface area contributed by atoms with Crippen molar-refractivity contribution in [3.05, 3.63) is 74.8 Å². The molecule has 2 aromatic heterocycles. The summed E-state index contributed by atoms with van der Waals surface area (Å²) in [5.41, 5.74) is -0.647. The van der Waals surface area contributed by atoms with Crippen molar-refractivity contribution in [2.45, 2.75) is 27.0 Å². The molecule has 0 aliphatic rings. The number of aromatic nitrogens is 3. The summed E-state index contributed by atoms with van der Waals surface area (Å²) in [6.07, 6.45) is 0.751. The molecule has 164 valence electrons. The lowest BCUT2D eigenvalue weighted by atomic mass is 10.2. The van der Waals surface area contributed by atoms with Gasteiger partial charge in [0.05, 0.1) is 17.9 Å². The summed E-state index contributed by atoms with van der Waals surface area (Å²) in [6, 6.07) is 2.81. The van der Waals surface area contributed by atoms with Crippen LogP contribution in [0.25, 0.3) is 0 Å². The first-order chi connectivity index (χ1) is 14.5. The normalized spacial score (nSPS) is 11.1. The van der Waals surface area contributed by atoms with Crippen LogP contribution in [0.3, 0.4) is 0 Å². The van der Waals surface area contributed by atoms with Gasteiger partial charge < -0.3 is 14.6 Å². The molecule has 1 N–H and O–H groups in total. The molecule has 3 aromatic rings. The fourth-order valence-corrected chi connectivity index (χ4v) is 2.72. The molecule has 6 nitrogen and oxygen atoms in total. The predicted molar refractivity (Wildman–Crippen MR) is 97.5 cm³/mol. The first-order valence-corrected chi connectivity index (χ1v) is 8.65. The van der Waals surface area contributed by atoms with Gasteiger partial charge in [0.1, 0.15) is 0 Å². The van der Waals surface area contributed by atoms with Crippen LogP contribution in [0, 0.1) is 37.1 Å². The summed E-state index contributed by atoms with van der Waals surface area (Å²) in [6.45, 7) is -0.551. The molecule has 3 rings (SSSR count). The quantitative estimate of drug-likeness (QED) is 0.456. The third-order valence-corrected chi connectivity index (χ3v) is 4.15. The van der Waals surface area contributed by atoms with Crippen molar-refractivity contribution in [2.75, 3.05) is 5.32 Å². The maximum Gasteiger partial charge on any atom is 0.388 e. The minimum absolute atomic E-state index is 0.0731. The summed E-state index contributed by atoms with van der Waals surface area (Å²) in [7, 11) is 0. The zero-order valence-electron chi connectivity index (χ0n) is 16.0. The van der Waals surface area contributed by atoms with Crippen molar-refractivity contribution in [1.82, 2.24) is 14.5 Å². The Morgan fingerprint density at radius 3 is 2.29 bits per heavy atom. The van der Waals surface area contributed by atoms with Crippen LogP contribution >= 0.6 is 0 Å². The molecule has 0 bridgehead atoms. The Morgan fingerprint density at radius 2 is 1.68 bits per heavy atom. The van der Waals surface area contributed by atoms with Crippen LogP contribution in [-0.2, 0) is 6.54 Å². The number of pyridine rings is 1. The van der Waals surface area contributed by atoms with E-state index in [-0.39, 0.29) is 40.9 Å². The van der Waals surface area contributed by atoms with E-state index in [1.54, 1.807) is 0 Å². The summed E-state index contributed by atoms with van der Waals surface area (Å²) < 4.78 is 84.3. The van der Waals surface area contributed by atoms with Gasteiger partial charge in [0.25, 0.3) is 0 Å². The highest BCUT2D eigenvalue weighted by Gasteiger charge is 2.16. The van der Waals surface area contributed by atoms with Crippen LogP contribution in [0.15, 0.2) is 29.2 Å². The molecule has 0 amide bonds. The van der Waals surface area contributed by atoms with E-state index in [1.807, 2.05) is 0 Å². The second-order valence-electron chi connectivity index (χ2n) is 6.47. The van der Waals surface area contributed by atoms with Gasteiger partial charge in [-0.05, 0) is 37.6 Å². The Hall–Kier alpha value is -3.57. The molecule has 0 atom stereocenters. The molecular formula is C19H14F6N4O2. The smallest absolute Gasteiger partial charge is 0.388 e. The maximum absolute atomic E-state index is 13.8. The lowest BCUT2D eigenvalue weighted by Crippen LogP contribution is -2.20. The first kappa shape index (κ1) is 22.1. The zero-order valence-corrected chi connectivity index (χ0v) is 16.0. The minimum atomic E-state index is -3.08. The fourth-order valence-electron chi connectivity index (χ4n) is 2.72. The van der Waals surface area contributed by atoms with E-state index in [0.29, 0.717) is 12.1 Å². The number of hydrogen-bond donors (Lipinski definition) is 1. The number of ether oxygens (including phenoxy) is 1. The Balaban J connectivity index is 2.00. The van der Waals surface area contributed by atoms with Crippen LogP contribution in [0.2, 0.25) is 0 Å². The molecule has 2 heterocycles. The molecule has 0 saturated heterocycles. The van der Waals surface area contributed by atoms with Gasteiger partial charge in [-0.15, -0.1) is 0 Å². The number of rotatable bonds is 6. The third kappa shape index (κ3) is 4.95. The van der Waals surface area contributed by atoms with Crippen molar-refractivity contribution in [3.63, 3.8) is 0 Å². The second-order valence-corrected chi connectivity index (χ2v) is 6.47. The molecule has 0 unspecified atom stereocenters. The first-order valence-electron chi connectivity index (χ1n) is 8.65. The van der Waals surface area contributed by atoms with Gasteiger partial charge in [-0.2, -0.15) is 18.2 Å². The number of hydrogen-bond acceptors (Lipinski definition) is 5. The maximum atomic E-state index is 13.8. The van der Waals surface area contributed by atoms with Gasteiger partial charge in [0.15, 0.2) is 17.5 Å². The van der Waals surface area contributed by atoms with Crippen LogP contribution in [0.4, 0.5) is 38.0 Å². The fraction of sp³-hybridized carbons (Fsp3) is 0.211. The summed E-state index contributed by atoms with van der Waals surface area (Å²) >= 11 is 0. The van der Waals surface area contributed by atoms with Crippen molar-refractivity contribution in [1.29, 1.82) is 0 Å². The number of aryl methyl sites for hydroxylation is 2. The number of halogens is 6. The summed E-state index contributed by atoms with van der Waals surface area (Å²) in [5.74, 6) is -6.31. The van der Waals surface area contributed by atoms with E-state index in [4.69, 9.17) is 0 Å². The van der Waals surface area contributed by atoms with Crippen LogP contribution in [0.5, 0.6) is 5.88 Å². The van der Waals surface area contributed by atoms with Gasteiger partial charge >= 0.3 is 12.2 Å². The molecule has 31 heavy (non-hydrogen) atoms. The molecule has 0 aliphatic carbocycles. The summed E-state index contributed by atoms with van der Waals surface area (Å²) in [5, 5.41) is 2.71. The molecule has 0 fully saturated rings. The van der Waals surface area contributed by atoms with E-state index in [2.05, 4.69) is 20.0 Å². The van der Waals surface area contributed by atoms with Crippen molar-refractivity contribution in [2.24, 2.45) is 0 Å². The Morgan fingerprint density at radius 1 is 1.03 bits per heavy atom. The Bertz CT molecular complexity index is 1180. The van der Waals surface area contributed by atoms with Crippen molar-refractivity contribution >= 4 is 11.6 Å². The van der Waals surface area contributed by atoms with Crippen molar-refractivity contribution < 1.29 is 31.1 Å². The highest BCUT2D eigenvalue weighted by Crippen LogP contribution is 2.26. The molecule has 0 radical (unpaired) electrons. The van der Waals surface area contributed by atoms with E-state index in [0.717, 1.165) is 10.8 Å². The molecule has 0 saturated carbocycles. The van der Waals surface area contributed by atoms with E-state index < -0.39 is 35.4 Å². The number of nitrogens with zero attached hydrogens (tertiary/aromatic N) is 3. The molecule has 0 aliphatic heterocycles. The number of alkyl halides is 2. The molecule has 1 aromatic carbocycles. The largest absolute Gasteiger partial charge is 0.417 e. The lowest BCUT2D eigenvalue weighted by Gasteiger charge is -2.17.